The standard InChI is InChI=1S/C16H36N.H2O4S/c1-5-7-9-10-11-12-13-14-16-17(3,4)15-8-6-2;1-5(2,3)4/h5-16H2,1-4H3;(H2,1,2,3,4)/q+1;/p-1. The summed E-state index contributed by atoms with van der Waals surface area (Å²) in [7, 11) is -0.145. The Hall–Kier alpha value is -0.170. The molecule has 136 valence electrons. The Balaban J connectivity index is 0. The summed E-state index contributed by atoms with van der Waals surface area (Å²) in [5, 5.41) is 0. The van der Waals surface area contributed by atoms with Gasteiger partial charge in [0, 0.05) is 0 Å². The first-order valence-electron chi connectivity index (χ1n) is 8.62. The molecular weight excluding hydrogens is 302 g/mol. The van der Waals surface area contributed by atoms with Crippen molar-refractivity contribution in [1.82, 2.24) is 0 Å². The second-order valence-corrected chi connectivity index (χ2v) is 7.49. The number of hydrogen-bond donors (Lipinski definition) is 1. The fourth-order valence-electron chi connectivity index (χ4n) is 2.37. The number of rotatable bonds is 12. The third-order valence-electron chi connectivity index (χ3n) is 3.73. The molecule has 1 N–H and O–H groups in total. The van der Waals surface area contributed by atoms with Crippen molar-refractivity contribution in [3.8, 4) is 0 Å². The van der Waals surface area contributed by atoms with E-state index in [1.54, 1.807) is 0 Å². The Labute approximate surface area is 138 Å². The molecule has 0 unspecified atom stereocenters. The molecule has 0 aromatic rings. The molecule has 0 aliphatic rings. The predicted octanol–water partition coefficient (Wildman–Crippen LogP) is 4.01. The minimum atomic E-state index is -4.92. The maximum absolute atomic E-state index is 8.63. The monoisotopic (exact) mass is 339 g/mol. The van der Waals surface area contributed by atoms with Gasteiger partial charge in [0.1, 0.15) is 0 Å². The van der Waals surface area contributed by atoms with Gasteiger partial charge < -0.3 is 9.04 Å². The highest BCUT2D eigenvalue weighted by molar-refractivity contribution is 7.79. The maximum Gasteiger partial charge on any atom is 0.215 e. The molecule has 0 amide bonds. The SMILES string of the molecule is CCCCCCCCCC[N+](C)(C)CCCC.O=S(=O)([O-])O. The molecule has 6 heteroatoms. The average molecular weight is 340 g/mol. The minimum Gasteiger partial charge on any atom is -0.726 e. The molecule has 0 saturated carbocycles. The van der Waals surface area contributed by atoms with Gasteiger partial charge in [0.25, 0.3) is 0 Å². The minimum absolute atomic E-state index is 1.23. The van der Waals surface area contributed by atoms with Gasteiger partial charge in [-0.05, 0) is 19.3 Å². The Kier molecular flexibility index (Phi) is 15.8. The zero-order chi connectivity index (χ0) is 17.5. The average Bonchev–Trinajstić information content (AvgIpc) is 2.38. The second kappa shape index (κ2) is 14.4. The van der Waals surface area contributed by atoms with Crippen LogP contribution in [0.15, 0.2) is 0 Å². The molecule has 22 heavy (non-hydrogen) atoms. The fraction of sp³-hybridized carbons (Fsp3) is 1.00. The predicted molar refractivity (Wildman–Crippen MR) is 91.7 cm³/mol. The van der Waals surface area contributed by atoms with Crippen LogP contribution in [-0.4, -0.2) is 49.2 Å². The molecule has 0 fully saturated rings. The van der Waals surface area contributed by atoms with Crippen LogP contribution in [0.3, 0.4) is 0 Å². The van der Waals surface area contributed by atoms with Gasteiger partial charge in [-0.25, -0.2) is 8.42 Å². The zero-order valence-electron chi connectivity index (χ0n) is 15.0. The Morgan fingerprint density at radius 3 is 1.50 bits per heavy atom. The third kappa shape index (κ3) is 28.1. The van der Waals surface area contributed by atoms with Crippen molar-refractivity contribution in [3.05, 3.63) is 0 Å². The first kappa shape index (κ1) is 24.1. The Morgan fingerprint density at radius 2 is 1.09 bits per heavy atom. The van der Waals surface area contributed by atoms with E-state index in [0.29, 0.717) is 0 Å². The summed E-state index contributed by atoms with van der Waals surface area (Å²) in [5.41, 5.74) is 0. The smallest absolute Gasteiger partial charge is 0.215 e. The molecule has 0 rings (SSSR count). The van der Waals surface area contributed by atoms with Gasteiger partial charge in [-0.2, -0.15) is 0 Å². The van der Waals surface area contributed by atoms with Gasteiger partial charge in [0.15, 0.2) is 0 Å². The van der Waals surface area contributed by atoms with Gasteiger partial charge in [0.05, 0.1) is 27.2 Å². The first-order valence-corrected chi connectivity index (χ1v) is 9.99. The van der Waals surface area contributed by atoms with E-state index in [0.717, 1.165) is 0 Å². The summed E-state index contributed by atoms with van der Waals surface area (Å²) in [5.74, 6) is 0. The lowest BCUT2D eigenvalue weighted by molar-refractivity contribution is -0.890. The molecule has 0 bridgehead atoms. The van der Waals surface area contributed by atoms with Crippen LogP contribution in [0, 0.1) is 0 Å². The molecule has 0 aromatic heterocycles. The largest absolute Gasteiger partial charge is 0.726 e. The summed E-state index contributed by atoms with van der Waals surface area (Å²) in [6.07, 6.45) is 14.2. The number of nitrogens with zero attached hydrogens (tertiary/aromatic N) is 1. The van der Waals surface area contributed by atoms with E-state index in [4.69, 9.17) is 17.5 Å². The van der Waals surface area contributed by atoms with Crippen molar-refractivity contribution >= 4 is 10.4 Å². The van der Waals surface area contributed by atoms with E-state index >= 15 is 0 Å². The molecule has 0 aliphatic carbocycles. The van der Waals surface area contributed by atoms with Crippen LogP contribution in [0.2, 0.25) is 0 Å². The van der Waals surface area contributed by atoms with Gasteiger partial charge in [-0.15, -0.1) is 0 Å². The molecule has 0 aromatic carbocycles. The van der Waals surface area contributed by atoms with Crippen molar-refractivity contribution in [3.63, 3.8) is 0 Å². The number of quaternary nitrogens is 1. The van der Waals surface area contributed by atoms with Crippen LogP contribution in [0.4, 0.5) is 0 Å². The van der Waals surface area contributed by atoms with E-state index in [1.807, 2.05) is 0 Å². The number of hydrogen-bond acceptors (Lipinski definition) is 3. The van der Waals surface area contributed by atoms with Gasteiger partial charge in [-0.3, -0.25) is 4.55 Å². The van der Waals surface area contributed by atoms with Crippen molar-refractivity contribution in [2.45, 2.75) is 78.1 Å². The molecule has 0 aliphatic heterocycles. The van der Waals surface area contributed by atoms with Crippen LogP contribution in [-0.2, 0) is 10.4 Å². The number of unbranched alkanes of at least 4 members (excludes halogenated alkanes) is 8. The molecule has 0 saturated heterocycles. The van der Waals surface area contributed by atoms with E-state index in [1.165, 1.54) is 81.8 Å². The summed E-state index contributed by atoms with van der Waals surface area (Å²) < 4.78 is 34.1. The van der Waals surface area contributed by atoms with E-state index < -0.39 is 10.4 Å². The summed E-state index contributed by atoms with van der Waals surface area (Å²) in [4.78, 5) is 0. The van der Waals surface area contributed by atoms with Gasteiger partial charge in [0.2, 0.25) is 10.4 Å². The van der Waals surface area contributed by atoms with Crippen molar-refractivity contribution in [2.75, 3.05) is 27.2 Å². The van der Waals surface area contributed by atoms with Crippen LogP contribution < -0.4 is 0 Å². The second-order valence-electron chi connectivity index (χ2n) is 6.64. The molecule has 0 atom stereocenters. The Bertz CT molecular complexity index is 321. The molecular formula is C16H37NO4S. The van der Waals surface area contributed by atoms with Crippen molar-refractivity contribution in [1.29, 1.82) is 0 Å². The molecule has 0 heterocycles. The quantitative estimate of drug-likeness (QED) is 0.252. The lowest BCUT2D eigenvalue weighted by atomic mass is 10.1. The van der Waals surface area contributed by atoms with E-state index in [-0.39, 0.29) is 0 Å². The molecule has 0 spiro atoms. The third-order valence-corrected chi connectivity index (χ3v) is 3.73. The van der Waals surface area contributed by atoms with Gasteiger partial charge >= 0.3 is 0 Å². The topological polar surface area (TPSA) is 77.4 Å². The lowest BCUT2D eigenvalue weighted by Crippen LogP contribution is -2.41. The fourth-order valence-corrected chi connectivity index (χ4v) is 2.37. The first-order chi connectivity index (χ1) is 10.1. The van der Waals surface area contributed by atoms with Crippen molar-refractivity contribution < 1.29 is 22.0 Å². The lowest BCUT2D eigenvalue weighted by Gasteiger charge is -2.29. The van der Waals surface area contributed by atoms with Crippen LogP contribution in [0.5, 0.6) is 0 Å². The van der Waals surface area contributed by atoms with Crippen LogP contribution in [0.1, 0.15) is 78.1 Å². The van der Waals surface area contributed by atoms with Crippen LogP contribution >= 0.6 is 0 Å². The van der Waals surface area contributed by atoms with Crippen LogP contribution in [0.25, 0.3) is 0 Å². The van der Waals surface area contributed by atoms with Crippen molar-refractivity contribution in [2.24, 2.45) is 0 Å². The highest BCUT2D eigenvalue weighted by Crippen LogP contribution is 2.10. The highest BCUT2D eigenvalue weighted by atomic mass is 32.3. The van der Waals surface area contributed by atoms with Gasteiger partial charge in [-0.1, -0.05) is 58.8 Å². The zero-order valence-corrected chi connectivity index (χ0v) is 15.8. The summed E-state index contributed by atoms with van der Waals surface area (Å²) in [6.45, 7) is 7.30. The van der Waals surface area contributed by atoms with E-state index in [2.05, 4.69) is 27.9 Å². The normalized spacial score (nSPS) is 11.9. The molecule has 5 nitrogen and oxygen atoms in total. The summed E-state index contributed by atoms with van der Waals surface area (Å²) in [6, 6.07) is 0. The van der Waals surface area contributed by atoms with E-state index in [9.17, 15) is 0 Å². The Morgan fingerprint density at radius 1 is 0.773 bits per heavy atom. The maximum atomic E-state index is 8.63. The molecule has 0 radical (unpaired) electrons. The summed E-state index contributed by atoms with van der Waals surface area (Å²) >= 11 is 0. The highest BCUT2D eigenvalue weighted by Gasteiger charge is 2.12.